The molecule has 3 aromatic heterocycles. The van der Waals surface area contributed by atoms with Gasteiger partial charge in [0, 0.05) is 7.05 Å². The summed E-state index contributed by atoms with van der Waals surface area (Å²) >= 11 is 0. The van der Waals surface area contributed by atoms with E-state index in [9.17, 15) is 9.18 Å². The third-order valence-corrected chi connectivity index (χ3v) is 5.48. The molecule has 1 fully saturated rings. The van der Waals surface area contributed by atoms with E-state index in [2.05, 4.69) is 26.2 Å². The van der Waals surface area contributed by atoms with Crippen molar-refractivity contribution in [2.45, 2.75) is 19.4 Å². The molecule has 152 valence electrons. The normalized spacial score (nSPS) is 19.2. The summed E-state index contributed by atoms with van der Waals surface area (Å²) < 4.78 is 20.8. The molecule has 0 amide bonds. The summed E-state index contributed by atoms with van der Waals surface area (Å²) in [7, 11) is 1.75. The first-order valence-corrected chi connectivity index (χ1v) is 9.67. The van der Waals surface area contributed by atoms with Gasteiger partial charge < -0.3 is 9.09 Å². The van der Waals surface area contributed by atoms with Crippen molar-refractivity contribution < 1.29 is 8.91 Å². The van der Waals surface area contributed by atoms with E-state index in [0.29, 0.717) is 17.1 Å². The van der Waals surface area contributed by atoms with Gasteiger partial charge in [-0.2, -0.15) is 4.98 Å². The van der Waals surface area contributed by atoms with Gasteiger partial charge in [-0.05, 0) is 47.9 Å². The molecule has 4 aromatic rings. The minimum Gasteiger partial charge on any atom is -0.338 e. The summed E-state index contributed by atoms with van der Waals surface area (Å²) in [6.45, 7) is 0.201. The predicted octanol–water partition coefficient (Wildman–Crippen LogP) is 2.81. The number of aryl methyl sites for hydroxylation is 1. The lowest BCUT2D eigenvalue weighted by molar-refractivity contribution is 0.368. The number of hydrogen-bond donors (Lipinski definition) is 0. The van der Waals surface area contributed by atoms with Gasteiger partial charge >= 0.3 is 0 Å². The van der Waals surface area contributed by atoms with Gasteiger partial charge in [-0.3, -0.25) is 9.36 Å². The summed E-state index contributed by atoms with van der Waals surface area (Å²) in [4.78, 5) is 24.1. The zero-order valence-corrected chi connectivity index (χ0v) is 16.3. The molecule has 2 aliphatic rings. The van der Waals surface area contributed by atoms with E-state index in [1.165, 1.54) is 35.3 Å². The second-order valence-corrected chi connectivity index (χ2v) is 7.61. The lowest BCUT2D eigenvalue weighted by Crippen LogP contribution is -2.22. The molecule has 0 bridgehead atoms. The molecule has 30 heavy (non-hydrogen) atoms. The van der Waals surface area contributed by atoms with Crippen LogP contribution in [0, 0.1) is 17.7 Å². The third-order valence-electron chi connectivity index (χ3n) is 5.48. The van der Waals surface area contributed by atoms with Crippen molar-refractivity contribution in [2.75, 3.05) is 0 Å². The molecule has 0 unspecified atom stereocenters. The van der Waals surface area contributed by atoms with Crippen LogP contribution in [0.15, 0.2) is 58.6 Å². The maximum absolute atomic E-state index is 12.9. The second kappa shape index (κ2) is 7.33. The van der Waals surface area contributed by atoms with E-state index < -0.39 is 0 Å². The van der Waals surface area contributed by atoms with Crippen LogP contribution in [0.1, 0.15) is 24.3 Å². The molecule has 1 saturated carbocycles. The number of allylic oxidation sites excluding steroid dienone is 2. The smallest absolute Gasteiger partial charge is 0.280 e. The number of imidazole rings is 1. The number of benzene rings is 1. The fraction of sp³-hybridized carbons (Fsp3) is 0.286. The Morgan fingerprint density at radius 2 is 2.10 bits per heavy atom. The third kappa shape index (κ3) is 3.54. The first-order chi connectivity index (χ1) is 14.6. The number of hydrogen-bond acceptors (Lipinski definition) is 6. The molecule has 2 aliphatic carbocycles. The van der Waals surface area contributed by atoms with Crippen LogP contribution in [0.4, 0.5) is 4.39 Å². The van der Waals surface area contributed by atoms with E-state index >= 15 is 0 Å². The molecule has 0 spiro atoms. The molecule has 8 nitrogen and oxygen atoms in total. The number of aromatic nitrogens is 6. The molecule has 0 radical (unpaired) electrons. The molecule has 3 heterocycles. The Balaban J connectivity index is 0.000000133. The van der Waals surface area contributed by atoms with Crippen LogP contribution < -0.4 is 5.56 Å². The van der Waals surface area contributed by atoms with Crippen LogP contribution in [0.25, 0.3) is 16.7 Å². The molecule has 0 N–H and O–H groups in total. The van der Waals surface area contributed by atoms with Crippen LogP contribution >= 0.6 is 0 Å². The fourth-order valence-electron chi connectivity index (χ4n) is 3.82. The molecule has 6 rings (SSSR count). The molecule has 9 heteroatoms. The fourth-order valence-corrected chi connectivity index (χ4v) is 3.82. The molecule has 0 saturated heterocycles. The van der Waals surface area contributed by atoms with Crippen LogP contribution in [0.5, 0.6) is 0 Å². The van der Waals surface area contributed by atoms with Gasteiger partial charge in [0.05, 0.1) is 6.33 Å². The van der Waals surface area contributed by atoms with Crippen molar-refractivity contribution in [3.8, 4) is 0 Å². The van der Waals surface area contributed by atoms with Gasteiger partial charge in [0.15, 0.2) is 17.5 Å². The van der Waals surface area contributed by atoms with Crippen molar-refractivity contribution in [3.63, 3.8) is 0 Å². The standard InChI is InChI=1S/C12H11F.C9H8N6O2/c13-12-3-1-2-8(7-12)9-4-10-6-11(10)5-9;1-14-4-11-8-7(14)9(16)15(5-12-8)2-6-10-3-13-17-6/h1-4,7,10-11H,5-6H2;3-5H,2H2,1H3/t10-,11+;/m1./s1. The number of fused-ring (bicyclic) bond motifs is 2. The Bertz CT molecular complexity index is 1290. The average molecular weight is 406 g/mol. The highest BCUT2D eigenvalue weighted by atomic mass is 19.1. The highest BCUT2D eigenvalue weighted by Gasteiger charge is 2.40. The Labute approximate surface area is 170 Å². The van der Waals surface area contributed by atoms with E-state index in [-0.39, 0.29) is 17.9 Å². The van der Waals surface area contributed by atoms with Crippen molar-refractivity contribution >= 4 is 16.7 Å². The van der Waals surface area contributed by atoms with Gasteiger partial charge in [-0.1, -0.05) is 23.4 Å². The van der Waals surface area contributed by atoms with Gasteiger partial charge in [0.25, 0.3) is 5.56 Å². The maximum atomic E-state index is 12.9. The number of rotatable bonds is 3. The van der Waals surface area contributed by atoms with Crippen LogP contribution in [0.2, 0.25) is 0 Å². The van der Waals surface area contributed by atoms with E-state index in [1.807, 2.05) is 6.07 Å². The van der Waals surface area contributed by atoms with Gasteiger partial charge in [-0.15, -0.1) is 0 Å². The zero-order chi connectivity index (χ0) is 20.7. The molecule has 2 atom stereocenters. The topological polar surface area (TPSA) is 91.6 Å². The predicted molar refractivity (Wildman–Crippen MR) is 107 cm³/mol. The summed E-state index contributed by atoms with van der Waals surface area (Å²) in [6, 6.07) is 6.92. The van der Waals surface area contributed by atoms with Gasteiger partial charge in [-0.25, -0.2) is 14.4 Å². The van der Waals surface area contributed by atoms with Crippen LogP contribution in [-0.2, 0) is 13.6 Å². The summed E-state index contributed by atoms with van der Waals surface area (Å²) in [5, 5.41) is 3.48. The van der Waals surface area contributed by atoms with E-state index in [0.717, 1.165) is 23.8 Å². The summed E-state index contributed by atoms with van der Waals surface area (Å²) in [6.07, 6.45) is 9.10. The Morgan fingerprint density at radius 3 is 2.83 bits per heavy atom. The SMILES string of the molecule is Cn1cnc2ncn(Cc3ncno3)c(=O)c21.Fc1cccc(C2=C[C@@H]3C[C@@H]3C2)c1. The Morgan fingerprint density at radius 1 is 1.23 bits per heavy atom. The zero-order valence-electron chi connectivity index (χ0n) is 16.3. The second-order valence-electron chi connectivity index (χ2n) is 7.61. The van der Waals surface area contributed by atoms with E-state index in [4.69, 9.17) is 4.52 Å². The minimum absolute atomic E-state index is 0.126. The molecule has 0 aliphatic heterocycles. The monoisotopic (exact) mass is 406 g/mol. The quantitative estimate of drug-likeness (QED) is 0.520. The number of nitrogens with zero attached hydrogens (tertiary/aromatic N) is 6. The van der Waals surface area contributed by atoms with Crippen LogP contribution in [0.3, 0.4) is 0 Å². The summed E-state index contributed by atoms with van der Waals surface area (Å²) in [5.74, 6) is 1.94. The maximum Gasteiger partial charge on any atom is 0.280 e. The van der Waals surface area contributed by atoms with Crippen LogP contribution in [-0.4, -0.2) is 29.2 Å². The van der Waals surface area contributed by atoms with Crippen molar-refractivity contribution in [2.24, 2.45) is 18.9 Å². The first kappa shape index (κ1) is 18.4. The van der Waals surface area contributed by atoms with Crippen molar-refractivity contribution in [1.82, 2.24) is 29.2 Å². The summed E-state index contributed by atoms with van der Waals surface area (Å²) in [5.41, 5.74) is 3.12. The molecule has 1 aromatic carbocycles. The Kier molecular flexibility index (Phi) is 4.50. The lowest BCUT2D eigenvalue weighted by Gasteiger charge is -2.03. The average Bonchev–Trinajstić information content (AvgIpc) is 3.14. The highest BCUT2D eigenvalue weighted by Crippen LogP contribution is 2.52. The van der Waals surface area contributed by atoms with Crippen molar-refractivity contribution in [1.29, 1.82) is 0 Å². The first-order valence-electron chi connectivity index (χ1n) is 9.67. The largest absolute Gasteiger partial charge is 0.338 e. The van der Waals surface area contributed by atoms with Gasteiger partial charge in [0.2, 0.25) is 5.89 Å². The highest BCUT2D eigenvalue weighted by molar-refractivity contribution is 5.70. The Hall–Kier alpha value is -3.62. The molecular weight excluding hydrogens is 387 g/mol. The van der Waals surface area contributed by atoms with Gasteiger partial charge in [0.1, 0.15) is 18.7 Å². The number of halogens is 1. The minimum atomic E-state index is -0.187. The molecular formula is C21H19FN6O2. The lowest BCUT2D eigenvalue weighted by atomic mass is 10.0. The van der Waals surface area contributed by atoms with E-state index in [1.54, 1.807) is 30.1 Å². The van der Waals surface area contributed by atoms with Crippen molar-refractivity contribution in [3.05, 3.63) is 76.9 Å².